The third-order valence-corrected chi connectivity index (χ3v) is 1.76. The first-order chi connectivity index (χ1) is 7.99. The molecule has 0 bridgehead atoms. The summed E-state index contributed by atoms with van der Waals surface area (Å²) in [6, 6.07) is 3.61. The fourth-order valence-corrected chi connectivity index (χ4v) is 1.06. The lowest BCUT2D eigenvalue weighted by Gasteiger charge is -2.07. The Hall–Kier alpha value is -1.76. The van der Waals surface area contributed by atoms with Gasteiger partial charge in [0.1, 0.15) is 19.0 Å². The average molecular weight is 248 g/mol. The summed E-state index contributed by atoms with van der Waals surface area (Å²) >= 11 is 0. The highest BCUT2D eigenvalue weighted by atomic mass is 19.3. The summed E-state index contributed by atoms with van der Waals surface area (Å²) in [4.78, 5) is 11.2. The van der Waals surface area contributed by atoms with E-state index in [0.29, 0.717) is 0 Å². The van der Waals surface area contributed by atoms with Crippen molar-refractivity contribution in [2.45, 2.75) is 6.43 Å². The highest BCUT2D eigenvalue weighted by molar-refractivity contribution is 5.92. The molecule has 0 aliphatic carbocycles. The van der Waals surface area contributed by atoms with Crippen LogP contribution in [0.15, 0.2) is 18.2 Å². The van der Waals surface area contributed by atoms with Crippen LogP contribution in [0.4, 0.5) is 24.5 Å². The van der Waals surface area contributed by atoms with Crippen LogP contribution < -0.4 is 11.1 Å². The number of halogens is 3. The molecule has 0 unspecified atom stereocenters. The topological polar surface area (TPSA) is 64.3 Å². The van der Waals surface area contributed by atoms with Crippen molar-refractivity contribution in [1.29, 1.82) is 0 Å². The summed E-state index contributed by atoms with van der Waals surface area (Å²) in [5.74, 6) is -1.21. The molecule has 1 rings (SSSR count). The molecule has 0 aliphatic heterocycles. The van der Waals surface area contributed by atoms with Gasteiger partial charge in [-0.15, -0.1) is 0 Å². The first-order valence-corrected chi connectivity index (χ1v) is 4.70. The lowest BCUT2D eigenvalue weighted by Crippen LogP contribution is -2.20. The highest BCUT2D eigenvalue weighted by Crippen LogP contribution is 2.16. The van der Waals surface area contributed by atoms with Crippen LogP contribution in [0, 0.1) is 5.82 Å². The first-order valence-electron chi connectivity index (χ1n) is 4.70. The molecule has 0 saturated carbocycles. The second-order valence-electron chi connectivity index (χ2n) is 3.19. The Labute approximate surface area is 95.6 Å². The van der Waals surface area contributed by atoms with Gasteiger partial charge in [0.2, 0.25) is 5.91 Å². The summed E-state index contributed by atoms with van der Waals surface area (Å²) < 4.78 is 40.6. The van der Waals surface area contributed by atoms with Crippen molar-refractivity contribution < 1.29 is 22.7 Å². The second-order valence-corrected chi connectivity index (χ2v) is 3.19. The molecule has 3 N–H and O–H groups in total. The maximum absolute atomic E-state index is 12.8. The number of carbonyl (C=O) groups excluding carboxylic acids is 1. The number of carbonyl (C=O) groups is 1. The van der Waals surface area contributed by atoms with Crippen LogP contribution in [0.5, 0.6) is 0 Å². The van der Waals surface area contributed by atoms with Gasteiger partial charge in [0.15, 0.2) is 0 Å². The molecule has 17 heavy (non-hydrogen) atoms. The molecule has 0 aromatic heterocycles. The van der Waals surface area contributed by atoms with E-state index in [4.69, 9.17) is 5.73 Å². The SMILES string of the molecule is Nc1cc(NC(=O)COCC(F)F)ccc1F. The Morgan fingerprint density at radius 1 is 1.47 bits per heavy atom. The van der Waals surface area contributed by atoms with Gasteiger partial charge in [-0.25, -0.2) is 13.2 Å². The van der Waals surface area contributed by atoms with Gasteiger partial charge in [0.05, 0.1) is 5.69 Å². The standard InChI is InChI=1S/C10H11F3N2O2/c11-7-2-1-6(3-8(7)14)15-10(16)5-17-4-9(12)13/h1-3,9H,4-5,14H2,(H,15,16). The van der Waals surface area contributed by atoms with E-state index >= 15 is 0 Å². The summed E-state index contributed by atoms with van der Waals surface area (Å²) in [6.45, 7) is -1.30. The number of amides is 1. The molecular weight excluding hydrogens is 237 g/mol. The van der Waals surface area contributed by atoms with Crippen molar-refractivity contribution in [2.75, 3.05) is 24.3 Å². The van der Waals surface area contributed by atoms with Crippen molar-refractivity contribution >= 4 is 17.3 Å². The number of benzene rings is 1. The second kappa shape index (κ2) is 6.09. The Morgan fingerprint density at radius 3 is 2.76 bits per heavy atom. The zero-order valence-electron chi connectivity index (χ0n) is 8.75. The van der Waals surface area contributed by atoms with Crippen molar-refractivity contribution in [3.8, 4) is 0 Å². The number of nitrogens with two attached hydrogens (primary N) is 1. The molecule has 0 atom stereocenters. The Bertz CT molecular complexity index is 399. The minimum atomic E-state index is -2.62. The maximum atomic E-state index is 12.8. The molecule has 0 aliphatic rings. The smallest absolute Gasteiger partial charge is 0.261 e. The molecule has 1 aromatic carbocycles. The predicted molar refractivity (Wildman–Crippen MR) is 56.3 cm³/mol. The van der Waals surface area contributed by atoms with Crippen molar-refractivity contribution in [3.05, 3.63) is 24.0 Å². The van der Waals surface area contributed by atoms with Gasteiger partial charge < -0.3 is 15.8 Å². The fraction of sp³-hybridized carbons (Fsp3) is 0.300. The molecule has 1 amide bonds. The van der Waals surface area contributed by atoms with E-state index in [9.17, 15) is 18.0 Å². The summed E-state index contributed by atoms with van der Waals surface area (Å²) in [7, 11) is 0. The van der Waals surface area contributed by atoms with Crippen LogP contribution in [0.1, 0.15) is 0 Å². The Kier molecular flexibility index (Phi) is 4.77. The minimum absolute atomic E-state index is 0.115. The number of rotatable bonds is 5. The summed E-state index contributed by atoms with van der Waals surface area (Å²) in [5.41, 5.74) is 5.44. The number of hydrogen-bond donors (Lipinski definition) is 2. The monoisotopic (exact) mass is 248 g/mol. The number of nitrogens with one attached hydrogen (secondary N) is 1. The van der Waals surface area contributed by atoms with Gasteiger partial charge in [0, 0.05) is 5.69 Å². The van der Waals surface area contributed by atoms with Gasteiger partial charge in [-0.1, -0.05) is 0 Å². The van der Waals surface area contributed by atoms with Crippen molar-refractivity contribution in [3.63, 3.8) is 0 Å². The quantitative estimate of drug-likeness (QED) is 0.778. The van der Waals surface area contributed by atoms with Crippen LogP contribution in [0.3, 0.4) is 0 Å². The van der Waals surface area contributed by atoms with Crippen molar-refractivity contribution in [2.24, 2.45) is 0 Å². The third-order valence-electron chi connectivity index (χ3n) is 1.76. The summed E-state index contributed by atoms with van der Waals surface area (Å²) in [6.07, 6.45) is -2.62. The van der Waals surface area contributed by atoms with Gasteiger partial charge in [-0.2, -0.15) is 0 Å². The maximum Gasteiger partial charge on any atom is 0.261 e. The molecule has 1 aromatic rings. The fourth-order valence-electron chi connectivity index (χ4n) is 1.06. The minimum Gasteiger partial charge on any atom is -0.396 e. The lowest BCUT2D eigenvalue weighted by molar-refractivity contribution is -0.121. The Balaban J connectivity index is 2.42. The molecule has 0 heterocycles. The zero-order chi connectivity index (χ0) is 12.8. The summed E-state index contributed by atoms with van der Waals surface area (Å²) in [5, 5.41) is 2.33. The molecule has 4 nitrogen and oxygen atoms in total. The van der Waals surface area contributed by atoms with Gasteiger partial charge >= 0.3 is 0 Å². The number of ether oxygens (including phenoxy) is 1. The molecule has 7 heteroatoms. The van der Waals surface area contributed by atoms with Crippen LogP contribution in [-0.4, -0.2) is 25.5 Å². The molecular formula is C10H11F3N2O2. The highest BCUT2D eigenvalue weighted by Gasteiger charge is 2.07. The van der Waals surface area contributed by atoms with Crippen LogP contribution >= 0.6 is 0 Å². The third kappa shape index (κ3) is 4.73. The van der Waals surface area contributed by atoms with E-state index in [0.717, 1.165) is 6.07 Å². The van der Waals surface area contributed by atoms with Crippen LogP contribution in [-0.2, 0) is 9.53 Å². The number of hydrogen-bond acceptors (Lipinski definition) is 3. The van der Waals surface area contributed by atoms with Gasteiger partial charge in [0.25, 0.3) is 6.43 Å². The molecule has 94 valence electrons. The Morgan fingerprint density at radius 2 is 2.18 bits per heavy atom. The number of nitrogen functional groups attached to an aromatic ring is 1. The normalized spacial score (nSPS) is 10.6. The van der Waals surface area contributed by atoms with Crippen LogP contribution in [0.25, 0.3) is 0 Å². The van der Waals surface area contributed by atoms with Gasteiger partial charge in [-0.3, -0.25) is 4.79 Å². The first kappa shape index (κ1) is 13.3. The van der Waals surface area contributed by atoms with E-state index < -0.39 is 31.4 Å². The van der Waals surface area contributed by atoms with Gasteiger partial charge in [-0.05, 0) is 18.2 Å². The lowest BCUT2D eigenvalue weighted by atomic mass is 10.2. The van der Waals surface area contributed by atoms with Crippen molar-refractivity contribution in [1.82, 2.24) is 0 Å². The molecule has 0 fully saturated rings. The van der Waals surface area contributed by atoms with Crippen LogP contribution in [0.2, 0.25) is 0 Å². The van der Waals surface area contributed by atoms with E-state index in [1.54, 1.807) is 0 Å². The average Bonchev–Trinajstić information content (AvgIpc) is 2.23. The number of anilines is 2. The largest absolute Gasteiger partial charge is 0.396 e. The molecule has 0 radical (unpaired) electrons. The molecule has 0 spiro atoms. The van der Waals surface area contributed by atoms with E-state index in [-0.39, 0.29) is 11.4 Å². The van der Waals surface area contributed by atoms with E-state index in [1.807, 2.05) is 0 Å². The predicted octanol–water partition coefficient (Wildman–Crippen LogP) is 1.63. The molecule has 0 saturated heterocycles. The van der Waals surface area contributed by atoms with E-state index in [2.05, 4.69) is 10.1 Å². The van der Waals surface area contributed by atoms with E-state index in [1.165, 1.54) is 12.1 Å². The zero-order valence-corrected chi connectivity index (χ0v) is 8.75. The number of alkyl halides is 2.